The second-order valence-corrected chi connectivity index (χ2v) is 5.65. The van der Waals surface area contributed by atoms with Crippen molar-refractivity contribution in [3.05, 3.63) is 35.2 Å². The molecule has 2 aromatic rings. The Morgan fingerprint density at radius 1 is 1.32 bits per heavy atom. The van der Waals surface area contributed by atoms with Gasteiger partial charge in [0.2, 0.25) is 11.0 Å². The number of oxazole rings is 1. The SMILES string of the molecule is Cc1nc(CNS(=O)(=O)c2ccc(CO)o2)oc1C. The molecule has 8 heteroatoms. The first kappa shape index (κ1) is 13.8. The predicted molar refractivity (Wildman–Crippen MR) is 64.6 cm³/mol. The van der Waals surface area contributed by atoms with Crippen LogP contribution in [0, 0.1) is 13.8 Å². The fourth-order valence-electron chi connectivity index (χ4n) is 1.43. The maximum atomic E-state index is 11.9. The highest BCUT2D eigenvalue weighted by atomic mass is 32.2. The van der Waals surface area contributed by atoms with Crippen LogP contribution < -0.4 is 4.72 Å². The Labute approximate surface area is 110 Å². The zero-order chi connectivity index (χ0) is 14.0. The standard InChI is InChI=1S/C11H14N2O5S/c1-7-8(2)17-10(13-7)5-12-19(15,16)11-4-3-9(6-14)18-11/h3-4,12,14H,5-6H2,1-2H3. The minimum Gasteiger partial charge on any atom is -0.446 e. The number of rotatable bonds is 5. The molecule has 0 aliphatic carbocycles. The first-order valence-corrected chi connectivity index (χ1v) is 7.03. The van der Waals surface area contributed by atoms with Crippen LogP contribution in [0.25, 0.3) is 0 Å². The van der Waals surface area contributed by atoms with E-state index in [0.717, 1.165) is 5.69 Å². The van der Waals surface area contributed by atoms with Crippen LogP contribution in [0.4, 0.5) is 0 Å². The van der Waals surface area contributed by atoms with Gasteiger partial charge in [-0.2, -0.15) is 4.72 Å². The Balaban J connectivity index is 2.09. The molecule has 0 unspecified atom stereocenters. The highest BCUT2D eigenvalue weighted by Crippen LogP contribution is 2.14. The summed E-state index contributed by atoms with van der Waals surface area (Å²) in [5.41, 5.74) is 0.717. The second-order valence-electron chi connectivity index (χ2n) is 3.95. The van der Waals surface area contributed by atoms with Gasteiger partial charge in [-0.15, -0.1) is 0 Å². The van der Waals surface area contributed by atoms with Gasteiger partial charge in [0.15, 0.2) is 0 Å². The summed E-state index contributed by atoms with van der Waals surface area (Å²) in [6.45, 7) is 3.11. The molecule has 0 radical (unpaired) electrons. The van der Waals surface area contributed by atoms with Gasteiger partial charge >= 0.3 is 0 Å². The van der Waals surface area contributed by atoms with E-state index in [1.54, 1.807) is 13.8 Å². The lowest BCUT2D eigenvalue weighted by molar-refractivity contribution is 0.236. The largest absolute Gasteiger partial charge is 0.446 e. The van der Waals surface area contributed by atoms with Crippen LogP contribution >= 0.6 is 0 Å². The van der Waals surface area contributed by atoms with E-state index in [1.807, 2.05) is 0 Å². The van der Waals surface area contributed by atoms with Crippen molar-refractivity contribution in [2.45, 2.75) is 32.1 Å². The third kappa shape index (κ3) is 3.03. The van der Waals surface area contributed by atoms with Gasteiger partial charge in [0.1, 0.15) is 18.1 Å². The molecule has 2 N–H and O–H groups in total. The van der Waals surface area contributed by atoms with E-state index < -0.39 is 10.0 Å². The fourth-order valence-corrected chi connectivity index (χ4v) is 2.35. The van der Waals surface area contributed by atoms with Crippen LogP contribution in [0.5, 0.6) is 0 Å². The van der Waals surface area contributed by atoms with Crippen molar-refractivity contribution in [2.24, 2.45) is 0 Å². The van der Waals surface area contributed by atoms with Crippen molar-refractivity contribution in [3.8, 4) is 0 Å². The van der Waals surface area contributed by atoms with E-state index in [1.165, 1.54) is 12.1 Å². The van der Waals surface area contributed by atoms with E-state index in [4.69, 9.17) is 13.9 Å². The van der Waals surface area contributed by atoms with Crippen LogP contribution in [0.1, 0.15) is 23.1 Å². The van der Waals surface area contributed by atoms with Crippen LogP contribution in [0.3, 0.4) is 0 Å². The number of aryl methyl sites for hydroxylation is 2. The highest BCUT2D eigenvalue weighted by Gasteiger charge is 2.19. The average Bonchev–Trinajstić information content (AvgIpc) is 2.95. The summed E-state index contributed by atoms with van der Waals surface area (Å²) >= 11 is 0. The molecule has 0 aliphatic rings. The summed E-state index contributed by atoms with van der Waals surface area (Å²) in [5.74, 6) is 1.12. The lowest BCUT2D eigenvalue weighted by atomic mass is 10.4. The average molecular weight is 286 g/mol. The number of hydrogen-bond acceptors (Lipinski definition) is 6. The number of nitrogens with zero attached hydrogens (tertiary/aromatic N) is 1. The Kier molecular flexibility index (Phi) is 3.74. The van der Waals surface area contributed by atoms with Gasteiger partial charge in [0.05, 0.1) is 12.2 Å². The third-order valence-corrected chi connectivity index (χ3v) is 3.82. The van der Waals surface area contributed by atoms with Crippen LogP contribution in [-0.2, 0) is 23.2 Å². The van der Waals surface area contributed by atoms with Crippen molar-refractivity contribution >= 4 is 10.0 Å². The zero-order valence-corrected chi connectivity index (χ0v) is 11.3. The molecule has 7 nitrogen and oxygen atoms in total. The summed E-state index contributed by atoms with van der Waals surface area (Å²) in [7, 11) is -3.78. The Morgan fingerprint density at radius 2 is 2.05 bits per heavy atom. The maximum absolute atomic E-state index is 11.9. The van der Waals surface area contributed by atoms with Gasteiger partial charge in [-0.1, -0.05) is 0 Å². The summed E-state index contributed by atoms with van der Waals surface area (Å²) in [4.78, 5) is 4.06. The smallest absolute Gasteiger partial charge is 0.274 e. The van der Waals surface area contributed by atoms with E-state index in [0.29, 0.717) is 5.76 Å². The number of aliphatic hydroxyl groups is 1. The number of sulfonamides is 1. The number of furan rings is 1. The van der Waals surface area contributed by atoms with Gasteiger partial charge in [-0.3, -0.25) is 0 Å². The summed E-state index contributed by atoms with van der Waals surface area (Å²) < 4.78 is 36.3. The van der Waals surface area contributed by atoms with Gasteiger partial charge in [-0.25, -0.2) is 13.4 Å². The van der Waals surface area contributed by atoms with Gasteiger partial charge < -0.3 is 13.9 Å². The molecule has 2 aromatic heterocycles. The first-order valence-electron chi connectivity index (χ1n) is 5.54. The molecule has 104 valence electrons. The quantitative estimate of drug-likeness (QED) is 0.844. The van der Waals surface area contributed by atoms with Crippen molar-refractivity contribution in [1.82, 2.24) is 9.71 Å². The molecule has 0 aromatic carbocycles. The number of hydrogen-bond donors (Lipinski definition) is 2. The molecular weight excluding hydrogens is 272 g/mol. The molecule has 0 fully saturated rings. The van der Waals surface area contributed by atoms with Gasteiger partial charge in [-0.05, 0) is 26.0 Å². The van der Waals surface area contributed by atoms with Gasteiger partial charge in [0, 0.05) is 0 Å². The molecule has 0 saturated carbocycles. The van der Waals surface area contributed by atoms with Crippen molar-refractivity contribution in [2.75, 3.05) is 0 Å². The van der Waals surface area contributed by atoms with E-state index in [9.17, 15) is 8.42 Å². The zero-order valence-electron chi connectivity index (χ0n) is 10.5. The topological polar surface area (TPSA) is 106 Å². The molecule has 0 spiro atoms. The van der Waals surface area contributed by atoms with Crippen molar-refractivity contribution < 1.29 is 22.4 Å². The van der Waals surface area contributed by atoms with Crippen LogP contribution in [-0.4, -0.2) is 18.5 Å². The Hall–Kier alpha value is -1.64. The maximum Gasteiger partial charge on any atom is 0.274 e. The normalized spacial score (nSPS) is 11.9. The van der Waals surface area contributed by atoms with Gasteiger partial charge in [0.25, 0.3) is 10.0 Å². The second kappa shape index (κ2) is 5.16. The van der Waals surface area contributed by atoms with Crippen molar-refractivity contribution in [3.63, 3.8) is 0 Å². The molecule has 2 rings (SSSR count). The minimum absolute atomic E-state index is 0.0633. The van der Waals surface area contributed by atoms with E-state index >= 15 is 0 Å². The molecule has 0 bridgehead atoms. The molecule has 0 saturated heterocycles. The van der Waals surface area contributed by atoms with Crippen LogP contribution in [0.2, 0.25) is 0 Å². The summed E-state index contributed by atoms with van der Waals surface area (Å²) in [6.07, 6.45) is 0. The lowest BCUT2D eigenvalue weighted by Crippen LogP contribution is -2.23. The molecule has 2 heterocycles. The summed E-state index contributed by atoms with van der Waals surface area (Å²) in [6, 6.07) is 2.67. The Bertz CT molecular complexity index is 652. The number of aliphatic hydroxyl groups excluding tert-OH is 1. The summed E-state index contributed by atoms with van der Waals surface area (Å²) in [5, 5.41) is 8.57. The Morgan fingerprint density at radius 3 is 2.58 bits per heavy atom. The molecule has 0 amide bonds. The number of aromatic nitrogens is 1. The van der Waals surface area contributed by atoms with E-state index in [-0.39, 0.29) is 29.9 Å². The molecule has 0 aliphatic heterocycles. The molecule has 19 heavy (non-hydrogen) atoms. The minimum atomic E-state index is -3.78. The van der Waals surface area contributed by atoms with E-state index in [2.05, 4.69) is 9.71 Å². The highest BCUT2D eigenvalue weighted by molar-refractivity contribution is 7.89. The predicted octanol–water partition coefficient (Wildman–Crippen LogP) is 0.855. The number of nitrogens with one attached hydrogen (secondary N) is 1. The van der Waals surface area contributed by atoms with Crippen molar-refractivity contribution in [1.29, 1.82) is 0 Å². The fraction of sp³-hybridized carbons (Fsp3) is 0.364. The molecule has 0 atom stereocenters. The lowest BCUT2D eigenvalue weighted by Gasteiger charge is -2.01. The van der Waals surface area contributed by atoms with Crippen LogP contribution in [0.15, 0.2) is 26.1 Å². The third-order valence-electron chi connectivity index (χ3n) is 2.54. The monoisotopic (exact) mass is 286 g/mol. The first-order chi connectivity index (χ1) is 8.92. The molecular formula is C11H14N2O5S.